The zero-order valence-corrected chi connectivity index (χ0v) is 17.0. The summed E-state index contributed by atoms with van der Waals surface area (Å²) in [5, 5.41) is 11.6. The van der Waals surface area contributed by atoms with Gasteiger partial charge in [0, 0.05) is 36.1 Å². The first-order valence-corrected chi connectivity index (χ1v) is 9.96. The molecule has 0 spiro atoms. The molecule has 0 aromatic heterocycles. The molecule has 0 saturated heterocycles. The summed E-state index contributed by atoms with van der Waals surface area (Å²) < 4.78 is 10.8. The molecule has 8 nitrogen and oxygen atoms in total. The van der Waals surface area contributed by atoms with E-state index < -0.39 is 4.92 Å². The van der Waals surface area contributed by atoms with E-state index >= 15 is 0 Å². The molecule has 0 bridgehead atoms. The van der Waals surface area contributed by atoms with Crippen molar-refractivity contribution in [2.45, 2.75) is 6.42 Å². The third-order valence-electron chi connectivity index (χ3n) is 4.39. The van der Waals surface area contributed by atoms with E-state index in [0.29, 0.717) is 29.3 Å². The molecule has 1 aliphatic rings. The number of anilines is 1. The van der Waals surface area contributed by atoms with E-state index in [4.69, 9.17) is 9.47 Å². The number of methoxy groups -OCH3 is 2. The minimum Gasteiger partial charge on any atom is -0.497 e. The van der Waals surface area contributed by atoms with Gasteiger partial charge < -0.3 is 14.4 Å². The van der Waals surface area contributed by atoms with Gasteiger partial charge in [0.05, 0.1) is 31.4 Å². The van der Waals surface area contributed by atoms with Gasteiger partial charge in [0.25, 0.3) is 5.69 Å². The number of nitro benzene ring substituents is 1. The molecule has 0 N–H and O–H groups in total. The predicted molar refractivity (Wildman–Crippen MR) is 114 cm³/mol. The summed E-state index contributed by atoms with van der Waals surface area (Å²) in [6.07, 6.45) is 0.980. The number of thioether (sulfide) groups is 1. The SMILES string of the molecule is COc1ccc(OC)c(N(CC(=O)c2ccc([N+](=O)[O-])cc2)C2=NCCCS2)c1. The second-order valence-corrected chi connectivity index (χ2v) is 7.28. The Morgan fingerprint density at radius 2 is 1.97 bits per heavy atom. The van der Waals surface area contributed by atoms with Gasteiger partial charge in [0.2, 0.25) is 0 Å². The number of non-ortho nitro benzene ring substituents is 1. The molecule has 1 heterocycles. The molecule has 1 aliphatic heterocycles. The number of hydrogen-bond donors (Lipinski definition) is 0. The highest BCUT2D eigenvalue weighted by atomic mass is 32.2. The van der Waals surface area contributed by atoms with Crippen LogP contribution >= 0.6 is 11.8 Å². The van der Waals surface area contributed by atoms with Gasteiger partial charge in [0.1, 0.15) is 11.5 Å². The van der Waals surface area contributed by atoms with E-state index in [0.717, 1.165) is 17.3 Å². The van der Waals surface area contributed by atoms with Crippen molar-refractivity contribution in [2.75, 3.05) is 38.0 Å². The zero-order valence-electron chi connectivity index (χ0n) is 16.2. The maximum Gasteiger partial charge on any atom is 0.269 e. The average molecular weight is 415 g/mol. The smallest absolute Gasteiger partial charge is 0.269 e. The molecule has 0 aliphatic carbocycles. The van der Waals surface area contributed by atoms with Gasteiger partial charge in [-0.1, -0.05) is 11.8 Å². The van der Waals surface area contributed by atoms with E-state index in [1.807, 2.05) is 4.90 Å². The Balaban J connectivity index is 1.95. The first-order chi connectivity index (χ1) is 14.0. The summed E-state index contributed by atoms with van der Waals surface area (Å²) in [6, 6.07) is 11.0. The number of aliphatic imine (C=N–C) groups is 1. The van der Waals surface area contributed by atoms with Crippen molar-refractivity contribution >= 4 is 34.1 Å². The van der Waals surface area contributed by atoms with Gasteiger partial charge in [-0.25, -0.2) is 0 Å². The molecule has 0 amide bonds. The number of carbonyl (C=O) groups excluding carboxylic acids is 1. The molecule has 9 heteroatoms. The van der Waals surface area contributed by atoms with Crippen molar-refractivity contribution in [1.82, 2.24) is 0 Å². The lowest BCUT2D eigenvalue weighted by atomic mass is 10.1. The highest BCUT2D eigenvalue weighted by Gasteiger charge is 2.24. The van der Waals surface area contributed by atoms with Crippen LogP contribution < -0.4 is 14.4 Å². The third-order valence-corrected chi connectivity index (χ3v) is 5.49. The molecule has 2 aromatic carbocycles. The van der Waals surface area contributed by atoms with Crippen molar-refractivity contribution in [1.29, 1.82) is 0 Å². The van der Waals surface area contributed by atoms with Gasteiger partial charge in [-0.2, -0.15) is 0 Å². The van der Waals surface area contributed by atoms with E-state index in [1.54, 1.807) is 44.2 Å². The second-order valence-electron chi connectivity index (χ2n) is 6.22. The fourth-order valence-corrected chi connectivity index (χ4v) is 3.84. The van der Waals surface area contributed by atoms with Crippen LogP contribution in [-0.2, 0) is 0 Å². The van der Waals surface area contributed by atoms with Crippen molar-refractivity contribution in [2.24, 2.45) is 4.99 Å². The summed E-state index contributed by atoms with van der Waals surface area (Å²) in [5.41, 5.74) is 1.01. The number of hydrogen-bond acceptors (Lipinski definition) is 8. The van der Waals surface area contributed by atoms with E-state index in [2.05, 4.69) is 4.99 Å². The third kappa shape index (κ3) is 4.86. The molecule has 0 unspecified atom stereocenters. The van der Waals surface area contributed by atoms with Crippen LogP contribution in [0.15, 0.2) is 47.5 Å². The van der Waals surface area contributed by atoms with Gasteiger partial charge in [-0.15, -0.1) is 0 Å². The van der Waals surface area contributed by atoms with Crippen molar-refractivity contribution < 1.29 is 19.2 Å². The highest BCUT2D eigenvalue weighted by Crippen LogP contribution is 2.35. The number of ether oxygens (including phenoxy) is 2. The number of ketones is 1. The van der Waals surface area contributed by atoms with Gasteiger partial charge in [-0.3, -0.25) is 19.9 Å². The number of Topliss-reactive ketones (excluding diaryl/α,β-unsaturated/α-hetero) is 1. The van der Waals surface area contributed by atoms with Crippen LogP contribution in [0.1, 0.15) is 16.8 Å². The van der Waals surface area contributed by atoms with Crippen molar-refractivity contribution in [3.05, 3.63) is 58.1 Å². The Kier molecular flexibility index (Phi) is 6.71. The molecular weight excluding hydrogens is 394 g/mol. The van der Waals surface area contributed by atoms with Gasteiger partial charge in [-0.05, 0) is 30.7 Å². The van der Waals surface area contributed by atoms with Crippen LogP contribution in [0.2, 0.25) is 0 Å². The van der Waals surface area contributed by atoms with Crippen LogP contribution in [0.25, 0.3) is 0 Å². The minimum atomic E-state index is -0.491. The number of rotatable bonds is 7. The lowest BCUT2D eigenvalue weighted by molar-refractivity contribution is -0.384. The van der Waals surface area contributed by atoms with Crippen molar-refractivity contribution in [3.63, 3.8) is 0 Å². The molecule has 3 rings (SSSR count). The number of benzene rings is 2. The monoisotopic (exact) mass is 415 g/mol. The number of nitrogens with zero attached hydrogens (tertiary/aromatic N) is 3. The Hall–Kier alpha value is -3.07. The number of carbonyl (C=O) groups is 1. The number of amidine groups is 1. The van der Waals surface area contributed by atoms with E-state index in [1.165, 1.54) is 24.3 Å². The molecule has 0 saturated carbocycles. The van der Waals surface area contributed by atoms with Crippen LogP contribution in [0.4, 0.5) is 11.4 Å². The maximum atomic E-state index is 13.0. The van der Waals surface area contributed by atoms with Crippen LogP contribution in [0.5, 0.6) is 11.5 Å². The molecule has 0 radical (unpaired) electrons. The summed E-state index contributed by atoms with van der Waals surface area (Å²) in [5.74, 6) is 1.96. The minimum absolute atomic E-state index is 0.0210. The molecule has 29 heavy (non-hydrogen) atoms. The first kappa shape index (κ1) is 20.7. The van der Waals surface area contributed by atoms with Gasteiger partial charge >= 0.3 is 0 Å². The van der Waals surface area contributed by atoms with Crippen LogP contribution in [0, 0.1) is 10.1 Å². The standard InChI is InChI=1S/C20H21N3O5S/c1-27-16-8-9-19(28-2)17(12-16)22(20-21-10-3-11-29-20)13-18(24)14-4-6-15(7-5-14)23(25)26/h4-9,12H,3,10-11,13H2,1-2H3. The zero-order chi connectivity index (χ0) is 20.8. The Labute approximate surface area is 172 Å². The van der Waals surface area contributed by atoms with Gasteiger partial charge in [0.15, 0.2) is 11.0 Å². The average Bonchev–Trinajstić information content (AvgIpc) is 2.77. The quantitative estimate of drug-likeness (QED) is 0.386. The maximum absolute atomic E-state index is 13.0. The lowest BCUT2D eigenvalue weighted by Gasteiger charge is -2.28. The summed E-state index contributed by atoms with van der Waals surface area (Å²) in [7, 11) is 3.14. The van der Waals surface area contributed by atoms with E-state index in [9.17, 15) is 14.9 Å². The highest BCUT2D eigenvalue weighted by molar-refractivity contribution is 8.14. The fourth-order valence-electron chi connectivity index (χ4n) is 2.88. The molecule has 152 valence electrons. The number of nitro groups is 1. The fraction of sp³-hybridized carbons (Fsp3) is 0.300. The molecule has 2 aromatic rings. The summed E-state index contributed by atoms with van der Waals surface area (Å²) >= 11 is 1.58. The van der Waals surface area contributed by atoms with E-state index in [-0.39, 0.29) is 18.0 Å². The molecule has 0 fully saturated rings. The molecular formula is C20H21N3O5S. The Morgan fingerprint density at radius 1 is 1.21 bits per heavy atom. The normalized spacial score (nSPS) is 13.4. The Bertz CT molecular complexity index is 930. The second kappa shape index (κ2) is 9.42. The summed E-state index contributed by atoms with van der Waals surface area (Å²) in [4.78, 5) is 29.7. The first-order valence-electron chi connectivity index (χ1n) is 8.98. The lowest BCUT2D eigenvalue weighted by Crippen LogP contribution is -2.36. The topological polar surface area (TPSA) is 94.3 Å². The largest absolute Gasteiger partial charge is 0.497 e. The molecule has 0 atom stereocenters. The Morgan fingerprint density at radius 3 is 2.55 bits per heavy atom. The summed E-state index contributed by atoms with van der Waals surface area (Å²) in [6.45, 7) is 0.712. The predicted octanol–water partition coefficient (Wildman–Crippen LogP) is 3.79. The van der Waals surface area contributed by atoms with Crippen LogP contribution in [0.3, 0.4) is 0 Å². The van der Waals surface area contributed by atoms with Crippen LogP contribution in [-0.4, -0.2) is 48.9 Å². The van der Waals surface area contributed by atoms with Crippen molar-refractivity contribution in [3.8, 4) is 11.5 Å².